The van der Waals surface area contributed by atoms with Gasteiger partial charge in [-0.2, -0.15) is 0 Å². The zero-order valence-corrected chi connectivity index (χ0v) is 22.4. The van der Waals surface area contributed by atoms with Crippen LogP contribution < -0.4 is 0 Å². The molecule has 0 unspecified atom stereocenters. The van der Waals surface area contributed by atoms with Crippen molar-refractivity contribution >= 4 is 11.9 Å². The number of likely N-dealkylation sites (tertiary alicyclic amines) is 2. The quantitative estimate of drug-likeness (QED) is 0.150. The smallest absolute Gasteiger partial charge is 0.306 e. The second kappa shape index (κ2) is 19.1. The van der Waals surface area contributed by atoms with Crippen molar-refractivity contribution in [3.8, 4) is 0 Å². The van der Waals surface area contributed by atoms with Crippen LogP contribution in [0, 0.1) is 0 Å². The molecule has 0 saturated carbocycles. The Bertz CT molecular complexity index is 533. The molecule has 2 rings (SSSR count). The second-order valence-corrected chi connectivity index (χ2v) is 10.8. The summed E-state index contributed by atoms with van der Waals surface area (Å²) in [4.78, 5) is 29.2. The van der Waals surface area contributed by atoms with E-state index in [0.717, 1.165) is 51.9 Å². The number of ether oxygens (including phenoxy) is 1. The third-order valence-corrected chi connectivity index (χ3v) is 7.54. The van der Waals surface area contributed by atoms with Gasteiger partial charge in [-0.25, -0.2) is 0 Å². The van der Waals surface area contributed by atoms with Crippen LogP contribution in [0.15, 0.2) is 0 Å². The van der Waals surface area contributed by atoms with Crippen LogP contribution in [0.25, 0.3) is 0 Å². The lowest BCUT2D eigenvalue weighted by Gasteiger charge is -2.34. The maximum absolute atomic E-state index is 12.6. The lowest BCUT2D eigenvalue weighted by atomic mass is 10.0. The average Bonchev–Trinajstić information content (AvgIpc) is 2.84. The molecule has 0 aromatic heterocycles. The Kier molecular flexibility index (Phi) is 16.4. The summed E-state index contributed by atoms with van der Waals surface area (Å²) in [6.45, 7) is 6.59. The van der Waals surface area contributed by atoms with Crippen molar-refractivity contribution in [2.75, 3.05) is 32.7 Å². The summed E-state index contributed by atoms with van der Waals surface area (Å²) >= 11 is 0. The number of esters is 1. The molecule has 1 amide bonds. The average molecular weight is 479 g/mol. The number of rotatable bonds is 19. The van der Waals surface area contributed by atoms with Crippen LogP contribution in [0.1, 0.15) is 135 Å². The van der Waals surface area contributed by atoms with Gasteiger partial charge in [-0.15, -0.1) is 0 Å². The van der Waals surface area contributed by atoms with Gasteiger partial charge < -0.3 is 9.64 Å². The first-order valence-electron chi connectivity index (χ1n) is 14.9. The molecule has 2 aliphatic heterocycles. The van der Waals surface area contributed by atoms with Crippen molar-refractivity contribution in [2.24, 2.45) is 0 Å². The molecule has 0 spiro atoms. The minimum absolute atomic E-state index is 0.0745. The van der Waals surface area contributed by atoms with Crippen molar-refractivity contribution in [1.29, 1.82) is 0 Å². The Balaban J connectivity index is 1.55. The molecule has 0 N–H and O–H groups in total. The van der Waals surface area contributed by atoms with E-state index in [1.54, 1.807) is 0 Å². The number of piperidine rings is 2. The van der Waals surface area contributed by atoms with Crippen LogP contribution >= 0.6 is 0 Å². The fraction of sp³-hybridized carbons (Fsp3) is 0.931. The van der Waals surface area contributed by atoms with Crippen LogP contribution in [0.4, 0.5) is 0 Å². The topological polar surface area (TPSA) is 49.9 Å². The van der Waals surface area contributed by atoms with Gasteiger partial charge in [0, 0.05) is 25.9 Å². The zero-order chi connectivity index (χ0) is 24.3. The Morgan fingerprint density at radius 1 is 0.735 bits per heavy atom. The summed E-state index contributed by atoms with van der Waals surface area (Å²) in [7, 11) is 0. The number of unbranched alkanes of at least 4 members (excludes halogenated alkanes) is 12. The number of carbonyl (C=O) groups is 2. The minimum Gasteiger partial charge on any atom is -0.459 e. The summed E-state index contributed by atoms with van der Waals surface area (Å²) in [5.74, 6) is 0.150. The maximum Gasteiger partial charge on any atom is 0.306 e. The molecule has 0 aromatic carbocycles. The summed E-state index contributed by atoms with van der Waals surface area (Å²) in [6, 6.07) is 0. The van der Waals surface area contributed by atoms with Gasteiger partial charge in [0.25, 0.3) is 0 Å². The van der Waals surface area contributed by atoms with Crippen molar-refractivity contribution in [3.63, 3.8) is 0 Å². The molecule has 0 bridgehead atoms. The van der Waals surface area contributed by atoms with Gasteiger partial charge >= 0.3 is 5.97 Å². The Morgan fingerprint density at radius 2 is 1.29 bits per heavy atom. The molecule has 0 aromatic rings. The molecule has 1 atom stereocenters. The van der Waals surface area contributed by atoms with E-state index in [4.69, 9.17) is 4.74 Å². The lowest BCUT2D eigenvalue weighted by molar-refractivity contribution is -0.154. The molecular weight excluding hydrogens is 424 g/mol. The largest absolute Gasteiger partial charge is 0.459 e. The number of hydrogen-bond donors (Lipinski definition) is 0. The van der Waals surface area contributed by atoms with Crippen molar-refractivity contribution in [2.45, 2.75) is 141 Å². The number of amides is 1. The van der Waals surface area contributed by atoms with Gasteiger partial charge in [0.05, 0.1) is 6.54 Å². The van der Waals surface area contributed by atoms with Gasteiger partial charge in [0.2, 0.25) is 5.91 Å². The molecule has 2 aliphatic rings. The van der Waals surface area contributed by atoms with E-state index in [1.807, 2.05) is 4.90 Å². The van der Waals surface area contributed by atoms with Crippen molar-refractivity contribution in [1.82, 2.24) is 9.80 Å². The summed E-state index contributed by atoms with van der Waals surface area (Å²) < 4.78 is 5.94. The zero-order valence-electron chi connectivity index (χ0n) is 22.4. The number of nitrogens with zero attached hydrogens (tertiary/aromatic N) is 2. The van der Waals surface area contributed by atoms with Crippen LogP contribution in [0.2, 0.25) is 0 Å². The fourth-order valence-electron chi connectivity index (χ4n) is 5.39. The highest BCUT2D eigenvalue weighted by molar-refractivity contribution is 5.77. The molecule has 2 heterocycles. The third kappa shape index (κ3) is 13.7. The molecule has 2 fully saturated rings. The van der Waals surface area contributed by atoms with E-state index < -0.39 is 0 Å². The molecule has 34 heavy (non-hydrogen) atoms. The Morgan fingerprint density at radius 3 is 1.88 bits per heavy atom. The van der Waals surface area contributed by atoms with Gasteiger partial charge in [0.1, 0.15) is 6.10 Å². The van der Waals surface area contributed by atoms with Crippen LogP contribution in [0.5, 0.6) is 0 Å². The maximum atomic E-state index is 12.6. The highest BCUT2D eigenvalue weighted by Gasteiger charge is 2.26. The predicted octanol–water partition coefficient (Wildman–Crippen LogP) is 6.88. The normalized spacial score (nSPS) is 18.3. The number of carbonyl (C=O) groups excluding carboxylic acids is 2. The first kappa shape index (κ1) is 29.1. The lowest BCUT2D eigenvalue weighted by Crippen LogP contribution is -2.47. The molecule has 2 saturated heterocycles. The summed E-state index contributed by atoms with van der Waals surface area (Å²) in [5.41, 5.74) is 0. The highest BCUT2D eigenvalue weighted by Crippen LogP contribution is 2.16. The van der Waals surface area contributed by atoms with Crippen LogP contribution in [-0.4, -0.2) is 60.5 Å². The van der Waals surface area contributed by atoms with E-state index in [2.05, 4.69) is 11.8 Å². The molecule has 198 valence electrons. The van der Waals surface area contributed by atoms with Crippen molar-refractivity contribution in [3.05, 3.63) is 0 Å². The molecule has 5 heteroatoms. The van der Waals surface area contributed by atoms with E-state index in [9.17, 15) is 9.59 Å². The van der Waals surface area contributed by atoms with E-state index in [0.29, 0.717) is 19.4 Å². The fourth-order valence-corrected chi connectivity index (χ4v) is 5.39. The first-order chi connectivity index (χ1) is 16.7. The summed E-state index contributed by atoms with van der Waals surface area (Å²) in [5, 5.41) is 0. The Labute approximate surface area is 210 Å². The molecule has 0 aliphatic carbocycles. The summed E-state index contributed by atoms with van der Waals surface area (Å²) in [6.07, 6.45) is 23.8. The predicted molar refractivity (Wildman–Crippen MR) is 141 cm³/mol. The minimum atomic E-state index is -0.186. The van der Waals surface area contributed by atoms with Crippen LogP contribution in [0.3, 0.4) is 0 Å². The van der Waals surface area contributed by atoms with Crippen molar-refractivity contribution < 1.29 is 14.3 Å². The molecule has 5 nitrogen and oxygen atoms in total. The Hall–Kier alpha value is -1.10. The molecule has 0 radical (unpaired) electrons. The standard InChI is InChI=1S/C29H54N2O3/c1-2-3-4-5-6-7-8-9-10-11-12-13-15-21-29(33)34-27(25-30-22-17-14-18-23-30)26-31-24-19-16-20-28(31)32/h27H,2-26H2,1H3/t27-/m0/s1. The van der Waals surface area contributed by atoms with Gasteiger partial charge in [-0.05, 0) is 45.2 Å². The highest BCUT2D eigenvalue weighted by atomic mass is 16.5. The van der Waals surface area contributed by atoms with Gasteiger partial charge in [-0.3, -0.25) is 14.5 Å². The molecular formula is C29H54N2O3. The third-order valence-electron chi connectivity index (χ3n) is 7.54. The van der Waals surface area contributed by atoms with Crippen LogP contribution in [-0.2, 0) is 14.3 Å². The second-order valence-electron chi connectivity index (χ2n) is 10.8. The SMILES string of the molecule is CCCCCCCCCCCCCCCC(=O)O[C@@H](CN1CCCCC1)CN1CCCCC1=O. The van der Waals surface area contributed by atoms with Gasteiger partial charge in [-0.1, -0.05) is 90.4 Å². The van der Waals surface area contributed by atoms with E-state index >= 15 is 0 Å². The monoisotopic (exact) mass is 478 g/mol. The number of hydrogen-bond acceptors (Lipinski definition) is 4. The van der Waals surface area contributed by atoms with E-state index in [-0.39, 0.29) is 18.0 Å². The van der Waals surface area contributed by atoms with E-state index in [1.165, 1.54) is 89.9 Å². The van der Waals surface area contributed by atoms with Gasteiger partial charge in [0.15, 0.2) is 0 Å². The first-order valence-corrected chi connectivity index (χ1v) is 14.9.